The molecule has 0 radical (unpaired) electrons. The van der Waals surface area contributed by atoms with Gasteiger partial charge in [0.15, 0.2) is 0 Å². The number of nitrogens with one attached hydrogen (secondary N) is 1. The Hall–Kier alpha value is -1.14. The molecular formula is C13H12Cl2N2O2S. The lowest BCUT2D eigenvalue weighted by Crippen LogP contribution is -2.27. The number of benzene rings is 1. The maximum atomic E-state index is 12.3. The topological polar surface area (TPSA) is 59.1 Å². The molecule has 0 saturated carbocycles. The minimum Gasteiger partial charge on any atom is -0.264 e. The zero-order chi connectivity index (χ0) is 14.8. The predicted molar refractivity (Wildman–Crippen MR) is 79.4 cm³/mol. The van der Waals surface area contributed by atoms with Crippen molar-refractivity contribution in [3.05, 3.63) is 58.3 Å². The van der Waals surface area contributed by atoms with Crippen LogP contribution in [-0.2, 0) is 10.0 Å². The van der Waals surface area contributed by atoms with Crippen molar-refractivity contribution < 1.29 is 8.42 Å². The summed E-state index contributed by atoms with van der Waals surface area (Å²) in [4.78, 5) is 3.92. The molecule has 0 aliphatic carbocycles. The van der Waals surface area contributed by atoms with Gasteiger partial charge in [0.25, 0.3) is 0 Å². The Kier molecular flexibility index (Phi) is 4.65. The van der Waals surface area contributed by atoms with Gasteiger partial charge in [0.1, 0.15) is 4.90 Å². The number of halogens is 2. The van der Waals surface area contributed by atoms with E-state index < -0.39 is 16.1 Å². The summed E-state index contributed by atoms with van der Waals surface area (Å²) in [5.41, 5.74) is 0.759. The fourth-order valence-electron chi connectivity index (χ4n) is 1.68. The van der Waals surface area contributed by atoms with Gasteiger partial charge >= 0.3 is 0 Å². The summed E-state index contributed by atoms with van der Waals surface area (Å²) < 4.78 is 27.2. The van der Waals surface area contributed by atoms with Gasteiger partial charge in [-0.15, -0.1) is 0 Å². The number of aromatic nitrogens is 1. The lowest BCUT2D eigenvalue weighted by Gasteiger charge is -2.15. The Labute approximate surface area is 127 Å². The van der Waals surface area contributed by atoms with E-state index in [2.05, 4.69) is 9.71 Å². The molecule has 0 aliphatic rings. The minimum atomic E-state index is -3.76. The molecule has 0 spiro atoms. The average Bonchev–Trinajstić information content (AvgIpc) is 2.42. The number of rotatable bonds is 4. The standard InChI is InChI=1S/C13H12Cl2N2O2S/c1-9(10-3-2-6-16-8-10)17-20(18,19)13-7-11(14)4-5-12(13)15/h2-9,17H,1H3. The molecule has 0 aliphatic heterocycles. The Morgan fingerprint density at radius 1 is 1.25 bits per heavy atom. The van der Waals surface area contributed by atoms with E-state index in [-0.39, 0.29) is 9.92 Å². The van der Waals surface area contributed by atoms with Crippen LogP contribution in [0.4, 0.5) is 0 Å². The lowest BCUT2D eigenvalue weighted by atomic mass is 10.2. The normalized spacial score (nSPS) is 13.2. The Morgan fingerprint density at radius 3 is 2.65 bits per heavy atom. The first-order chi connectivity index (χ1) is 9.40. The molecule has 0 amide bonds. The molecule has 106 valence electrons. The van der Waals surface area contributed by atoms with Gasteiger partial charge < -0.3 is 0 Å². The lowest BCUT2D eigenvalue weighted by molar-refractivity contribution is 0.566. The van der Waals surface area contributed by atoms with Crippen molar-refractivity contribution in [2.24, 2.45) is 0 Å². The van der Waals surface area contributed by atoms with E-state index in [1.807, 2.05) is 0 Å². The average molecular weight is 331 g/mol. The van der Waals surface area contributed by atoms with E-state index in [9.17, 15) is 8.42 Å². The zero-order valence-electron chi connectivity index (χ0n) is 10.5. The Balaban J connectivity index is 2.30. The van der Waals surface area contributed by atoms with Gasteiger partial charge in [0.05, 0.1) is 5.02 Å². The third-order valence-corrected chi connectivity index (χ3v) is 4.96. The Morgan fingerprint density at radius 2 is 2.00 bits per heavy atom. The molecule has 4 nitrogen and oxygen atoms in total. The summed E-state index contributed by atoms with van der Waals surface area (Å²) in [6.45, 7) is 1.73. The summed E-state index contributed by atoms with van der Waals surface area (Å²) >= 11 is 11.7. The van der Waals surface area contributed by atoms with Crippen LogP contribution < -0.4 is 4.72 Å². The molecule has 0 bridgehead atoms. The number of hydrogen-bond donors (Lipinski definition) is 1. The van der Waals surface area contributed by atoms with Crippen LogP contribution in [-0.4, -0.2) is 13.4 Å². The van der Waals surface area contributed by atoms with Gasteiger partial charge in [-0.05, 0) is 36.8 Å². The molecule has 2 aromatic rings. The summed E-state index contributed by atoms with van der Waals surface area (Å²) in [5, 5.41) is 0.434. The summed E-state index contributed by atoms with van der Waals surface area (Å²) in [7, 11) is -3.76. The number of hydrogen-bond acceptors (Lipinski definition) is 3. The molecule has 1 aromatic carbocycles. The van der Waals surface area contributed by atoms with Crippen LogP contribution in [0.5, 0.6) is 0 Å². The van der Waals surface area contributed by atoms with E-state index in [0.29, 0.717) is 5.02 Å². The fraction of sp³-hybridized carbons (Fsp3) is 0.154. The van der Waals surface area contributed by atoms with Crippen molar-refractivity contribution in [3.63, 3.8) is 0 Å². The van der Waals surface area contributed by atoms with Crippen molar-refractivity contribution in [2.45, 2.75) is 17.9 Å². The van der Waals surface area contributed by atoms with Gasteiger partial charge in [0.2, 0.25) is 10.0 Å². The highest BCUT2D eigenvalue weighted by molar-refractivity contribution is 7.89. The third-order valence-electron chi connectivity index (χ3n) is 2.70. The van der Waals surface area contributed by atoms with Crippen LogP contribution in [0.2, 0.25) is 10.0 Å². The summed E-state index contributed by atoms with van der Waals surface area (Å²) in [6, 6.07) is 7.42. The van der Waals surface area contributed by atoms with Crippen LogP contribution in [0.25, 0.3) is 0 Å². The molecule has 2 rings (SSSR count). The van der Waals surface area contributed by atoms with Crippen molar-refractivity contribution in [2.75, 3.05) is 0 Å². The van der Waals surface area contributed by atoms with Crippen LogP contribution in [0.3, 0.4) is 0 Å². The second-order valence-electron chi connectivity index (χ2n) is 4.20. The van der Waals surface area contributed by atoms with Crippen LogP contribution in [0, 0.1) is 0 Å². The van der Waals surface area contributed by atoms with Crippen LogP contribution in [0.1, 0.15) is 18.5 Å². The monoisotopic (exact) mass is 330 g/mol. The molecule has 1 N–H and O–H groups in total. The van der Waals surface area contributed by atoms with E-state index in [1.165, 1.54) is 18.2 Å². The smallest absolute Gasteiger partial charge is 0.242 e. The Bertz CT molecular complexity index is 706. The highest BCUT2D eigenvalue weighted by Crippen LogP contribution is 2.26. The predicted octanol–water partition coefficient (Wildman–Crippen LogP) is 3.43. The maximum absolute atomic E-state index is 12.3. The van der Waals surface area contributed by atoms with Crippen molar-refractivity contribution in [1.29, 1.82) is 0 Å². The van der Waals surface area contributed by atoms with Crippen LogP contribution in [0.15, 0.2) is 47.6 Å². The molecule has 1 unspecified atom stereocenters. The van der Waals surface area contributed by atoms with Crippen LogP contribution >= 0.6 is 23.2 Å². The number of nitrogens with zero attached hydrogens (tertiary/aromatic N) is 1. The third kappa shape index (κ3) is 3.49. The molecular weight excluding hydrogens is 319 g/mol. The van der Waals surface area contributed by atoms with Gasteiger partial charge in [-0.2, -0.15) is 0 Å². The van der Waals surface area contributed by atoms with E-state index >= 15 is 0 Å². The second-order valence-corrected chi connectivity index (χ2v) is 6.73. The number of sulfonamides is 1. The maximum Gasteiger partial charge on any atom is 0.242 e. The number of pyridine rings is 1. The summed E-state index contributed by atoms with van der Waals surface area (Å²) in [6.07, 6.45) is 3.23. The highest BCUT2D eigenvalue weighted by atomic mass is 35.5. The molecule has 1 heterocycles. The fourth-order valence-corrected chi connectivity index (χ4v) is 3.67. The quantitative estimate of drug-likeness (QED) is 0.934. The van der Waals surface area contributed by atoms with E-state index in [0.717, 1.165) is 5.56 Å². The van der Waals surface area contributed by atoms with Crippen molar-refractivity contribution in [1.82, 2.24) is 9.71 Å². The van der Waals surface area contributed by atoms with E-state index in [4.69, 9.17) is 23.2 Å². The molecule has 20 heavy (non-hydrogen) atoms. The van der Waals surface area contributed by atoms with Gasteiger partial charge in [-0.3, -0.25) is 4.98 Å². The first-order valence-electron chi connectivity index (χ1n) is 5.77. The van der Waals surface area contributed by atoms with Gasteiger partial charge in [0, 0.05) is 23.5 Å². The SMILES string of the molecule is CC(NS(=O)(=O)c1cc(Cl)ccc1Cl)c1cccnc1. The second kappa shape index (κ2) is 6.10. The first kappa shape index (κ1) is 15.3. The molecule has 0 fully saturated rings. The first-order valence-corrected chi connectivity index (χ1v) is 8.01. The van der Waals surface area contributed by atoms with Gasteiger partial charge in [-0.25, -0.2) is 13.1 Å². The molecule has 7 heteroatoms. The molecule has 1 aromatic heterocycles. The van der Waals surface area contributed by atoms with Gasteiger partial charge in [-0.1, -0.05) is 29.3 Å². The van der Waals surface area contributed by atoms with E-state index in [1.54, 1.807) is 31.5 Å². The minimum absolute atomic E-state index is 0.0394. The molecule has 0 saturated heterocycles. The highest BCUT2D eigenvalue weighted by Gasteiger charge is 2.21. The van der Waals surface area contributed by atoms with Crippen molar-refractivity contribution in [3.8, 4) is 0 Å². The molecule has 1 atom stereocenters. The zero-order valence-corrected chi connectivity index (χ0v) is 12.9. The van der Waals surface area contributed by atoms with Crippen molar-refractivity contribution >= 4 is 33.2 Å². The summed E-state index contributed by atoms with van der Waals surface area (Å²) in [5.74, 6) is 0. The largest absolute Gasteiger partial charge is 0.264 e.